The van der Waals surface area contributed by atoms with Gasteiger partial charge in [0.2, 0.25) is 11.7 Å². The predicted octanol–water partition coefficient (Wildman–Crippen LogP) is 3.09. The van der Waals surface area contributed by atoms with E-state index in [1.807, 2.05) is 0 Å². The van der Waals surface area contributed by atoms with E-state index in [4.69, 9.17) is 46.9 Å². The molecule has 8 nitrogen and oxygen atoms in total. The maximum absolute atomic E-state index is 12.4. The Balaban J connectivity index is 1.51. The summed E-state index contributed by atoms with van der Waals surface area (Å²) < 4.78 is 29.3. The van der Waals surface area contributed by atoms with Crippen molar-refractivity contribution in [2.24, 2.45) is 0 Å². The van der Waals surface area contributed by atoms with Gasteiger partial charge in [-0.2, -0.15) is 0 Å². The number of halogens is 2. The molecule has 2 saturated heterocycles. The zero-order chi connectivity index (χ0) is 24.1. The summed E-state index contributed by atoms with van der Waals surface area (Å²) in [6.07, 6.45) is -0.260. The second kappa shape index (κ2) is 11.6. The predicted molar refractivity (Wildman–Crippen MR) is 123 cm³/mol. The minimum absolute atomic E-state index is 0.0724. The van der Waals surface area contributed by atoms with Crippen molar-refractivity contribution in [3.05, 3.63) is 33.8 Å². The fourth-order valence-electron chi connectivity index (χ4n) is 3.94. The molecule has 0 spiro atoms. The average Bonchev–Trinajstić information content (AvgIpc) is 3.16. The van der Waals surface area contributed by atoms with E-state index in [-0.39, 0.29) is 25.5 Å². The summed E-state index contributed by atoms with van der Waals surface area (Å²) in [6, 6.07) is 5.03. The molecule has 2 aliphatic rings. The molecule has 3 rings (SSSR count). The zero-order valence-electron chi connectivity index (χ0n) is 19.3. The Kier molecular flexibility index (Phi) is 9.39. The first-order valence-corrected chi connectivity index (χ1v) is 12.0. The Labute approximate surface area is 204 Å². The molecule has 0 radical (unpaired) electrons. The van der Waals surface area contributed by atoms with Gasteiger partial charge in [0.05, 0.1) is 29.7 Å². The third-order valence-electron chi connectivity index (χ3n) is 5.47. The smallest absolute Gasteiger partial charge is 0.224 e. The number of carbonyl (C=O) groups excluding carboxylic acids is 1. The summed E-state index contributed by atoms with van der Waals surface area (Å²) in [6.45, 7) is 7.30. The van der Waals surface area contributed by atoms with Crippen molar-refractivity contribution in [3.63, 3.8) is 0 Å². The van der Waals surface area contributed by atoms with E-state index in [1.165, 1.54) is 0 Å². The number of benzene rings is 1. The van der Waals surface area contributed by atoms with Crippen molar-refractivity contribution in [3.8, 4) is 0 Å². The molecule has 2 heterocycles. The molecule has 2 aliphatic heterocycles. The van der Waals surface area contributed by atoms with Crippen molar-refractivity contribution < 1.29 is 33.6 Å². The quantitative estimate of drug-likeness (QED) is 0.421. The van der Waals surface area contributed by atoms with E-state index in [1.54, 1.807) is 32.0 Å². The van der Waals surface area contributed by atoms with E-state index in [2.05, 4.69) is 12.2 Å². The summed E-state index contributed by atoms with van der Waals surface area (Å²) in [4.78, 5) is 12.4. The van der Waals surface area contributed by atoms with Gasteiger partial charge in [0.25, 0.3) is 0 Å². The Morgan fingerprint density at radius 2 is 1.91 bits per heavy atom. The number of carbonyl (C=O) groups is 1. The molecule has 0 bridgehead atoms. The molecule has 1 aromatic carbocycles. The normalized spacial score (nSPS) is 28.1. The van der Waals surface area contributed by atoms with Crippen LogP contribution in [0.1, 0.15) is 39.2 Å². The lowest BCUT2D eigenvalue weighted by atomic mass is 10.1. The summed E-state index contributed by atoms with van der Waals surface area (Å²) in [7, 11) is 0. The molecule has 2 fully saturated rings. The summed E-state index contributed by atoms with van der Waals surface area (Å²) in [5.74, 6) is -2.43. The van der Waals surface area contributed by atoms with Crippen LogP contribution in [0.5, 0.6) is 0 Å². The van der Waals surface area contributed by atoms with Crippen LogP contribution in [0.4, 0.5) is 0 Å². The van der Waals surface area contributed by atoms with Gasteiger partial charge in [-0.05, 0) is 38.0 Å². The second-order valence-electron chi connectivity index (χ2n) is 8.75. The minimum atomic E-state index is -1.26. The zero-order valence-corrected chi connectivity index (χ0v) is 20.8. The second-order valence-corrected chi connectivity index (χ2v) is 9.56. The number of unbranched alkanes of at least 4 members (excludes halogenated alkanes) is 1. The lowest BCUT2D eigenvalue weighted by molar-refractivity contribution is -0.277. The number of aliphatic hydroxyl groups is 1. The lowest BCUT2D eigenvalue weighted by Gasteiger charge is -2.28. The van der Waals surface area contributed by atoms with Crippen molar-refractivity contribution in [1.82, 2.24) is 5.32 Å². The van der Waals surface area contributed by atoms with Gasteiger partial charge < -0.3 is 34.1 Å². The maximum Gasteiger partial charge on any atom is 0.224 e. The number of hydrogen-bond donors (Lipinski definition) is 2. The largest absolute Gasteiger partial charge is 0.387 e. The molecular weight excluding hydrogens is 473 g/mol. The van der Waals surface area contributed by atoms with E-state index < -0.39 is 29.9 Å². The number of rotatable bonds is 12. The molecule has 0 unspecified atom stereocenters. The van der Waals surface area contributed by atoms with Crippen LogP contribution in [0.15, 0.2) is 18.2 Å². The van der Waals surface area contributed by atoms with E-state index >= 15 is 0 Å². The molecule has 1 aromatic rings. The van der Waals surface area contributed by atoms with Gasteiger partial charge in [-0.25, -0.2) is 0 Å². The molecule has 186 valence electrons. The lowest BCUT2D eigenvalue weighted by Crippen LogP contribution is -2.45. The monoisotopic (exact) mass is 505 g/mol. The van der Waals surface area contributed by atoms with Gasteiger partial charge in [-0.1, -0.05) is 42.6 Å². The molecule has 4 atom stereocenters. The number of aliphatic hydroxyl groups excluding tert-OH is 1. The fraction of sp³-hybridized carbons (Fsp3) is 0.696. The molecule has 33 heavy (non-hydrogen) atoms. The number of ether oxygens (including phenoxy) is 5. The van der Waals surface area contributed by atoms with Gasteiger partial charge in [0, 0.05) is 13.2 Å². The van der Waals surface area contributed by atoms with Crippen LogP contribution in [0.2, 0.25) is 10.0 Å². The fourth-order valence-corrected chi connectivity index (χ4v) is 4.26. The molecule has 2 N–H and O–H groups in total. The minimum Gasteiger partial charge on any atom is -0.387 e. The van der Waals surface area contributed by atoms with Gasteiger partial charge >= 0.3 is 0 Å². The molecule has 1 amide bonds. The third-order valence-corrected chi connectivity index (χ3v) is 6.21. The van der Waals surface area contributed by atoms with Crippen molar-refractivity contribution in [1.29, 1.82) is 0 Å². The molecule has 10 heteroatoms. The Morgan fingerprint density at radius 1 is 1.15 bits per heavy atom. The maximum atomic E-state index is 12.4. The van der Waals surface area contributed by atoms with E-state index in [0.717, 1.165) is 18.4 Å². The van der Waals surface area contributed by atoms with E-state index in [9.17, 15) is 9.90 Å². The van der Waals surface area contributed by atoms with Crippen LogP contribution in [0.25, 0.3) is 0 Å². The number of amides is 1. The van der Waals surface area contributed by atoms with Gasteiger partial charge in [0.1, 0.15) is 24.9 Å². The topological polar surface area (TPSA) is 95.5 Å². The van der Waals surface area contributed by atoms with Crippen LogP contribution < -0.4 is 5.32 Å². The highest BCUT2D eigenvalue weighted by Gasteiger charge is 2.64. The Hall–Kier alpha value is -0.970. The Bertz CT molecular complexity index is 809. The molecule has 0 saturated carbocycles. The SMILES string of the molecule is CCCCOCCOC[C@@]12O[C@@H](CNC(=O)Cc3ccc(Cl)c(Cl)c3)[C@@H](O)[C@@H]1OC(C)(C)O2. The number of nitrogens with one attached hydrogen (secondary N) is 1. The molecular formula is C23H33Cl2NO7. The highest BCUT2D eigenvalue weighted by atomic mass is 35.5. The van der Waals surface area contributed by atoms with Crippen LogP contribution in [-0.4, -0.2) is 73.9 Å². The standard InChI is InChI=1S/C23H33Cl2NO7/c1-4-5-8-29-9-10-30-14-23-21(32-22(2,3)33-23)20(28)18(31-23)13-26-19(27)12-15-6-7-16(24)17(25)11-15/h6-7,11,18,20-21,28H,4-5,8-10,12-14H2,1-3H3,(H,26,27)/t18-,20+,21-,23-/m0/s1. The molecule has 0 aromatic heterocycles. The third kappa shape index (κ3) is 7.02. The van der Waals surface area contributed by atoms with Gasteiger partial charge in [-0.15, -0.1) is 0 Å². The molecule has 0 aliphatic carbocycles. The van der Waals surface area contributed by atoms with Crippen molar-refractivity contribution >= 4 is 29.1 Å². The summed E-state index contributed by atoms with van der Waals surface area (Å²) >= 11 is 11.9. The number of fused-ring (bicyclic) bond motifs is 1. The van der Waals surface area contributed by atoms with E-state index in [0.29, 0.717) is 29.9 Å². The first-order chi connectivity index (χ1) is 15.7. The Morgan fingerprint density at radius 3 is 2.64 bits per heavy atom. The van der Waals surface area contributed by atoms with Crippen molar-refractivity contribution in [2.45, 2.75) is 69.9 Å². The summed E-state index contributed by atoms with van der Waals surface area (Å²) in [5, 5.41) is 14.4. The highest BCUT2D eigenvalue weighted by molar-refractivity contribution is 6.42. The van der Waals surface area contributed by atoms with Crippen LogP contribution >= 0.6 is 23.2 Å². The van der Waals surface area contributed by atoms with Crippen LogP contribution in [-0.2, 0) is 34.9 Å². The average molecular weight is 506 g/mol. The van der Waals surface area contributed by atoms with Crippen LogP contribution in [0.3, 0.4) is 0 Å². The van der Waals surface area contributed by atoms with Crippen molar-refractivity contribution in [2.75, 3.05) is 33.0 Å². The van der Waals surface area contributed by atoms with Crippen LogP contribution in [0, 0.1) is 0 Å². The number of hydrogen-bond acceptors (Lipinski definition) is 7. The first-order valence-electron chi connectivity index (χ1n) is 11.3. The highest BCUT2D eigenvalue weighted by Crippen LogP contribution is 2.45. The van der Waals surface area contributed by atoms with Gasteiger partial charge in [-0.3, -0.25) is 4.79 Å². The first kappa shape index (κ1) is 26.6. The summed E-state index contributed by atoms with van der Waals surface area (Å²) in [5.41, 5.74) is 0.728. The van der Waals surface area contributed by atoms with Gasteiger partial charge in [0.15, 0.2) is 5.79 Å².